The fraction of sp³-hybridized carbons (Fsp3) is 0.429. The number of carbonyl (C=O) groups is 2. The number of rotatable bonds is 10. The standard InChI is InChI=1S/C24H23N3O3S.C4H8F3NO/c1-30-20-11-17(10-16-13-27(22(16)20)18-6-7-18)24(8-9-24)26-23(31)19-5-3-2-4-15(19)12-25-21(29)14-28;1-8-2-3(9)4(5,6)7/h2-5,10-11,13-14,18H,6-9,12H2,1H3,(H-,25,26,29,31);3,8-9H,2H2,1H3/p+1. The summed E-state index contributed by atoms with van der Waals surface area (Å²) in [7, 11) is 3.07. The molecule has 5 rings (SSSR count). The summed E-state index contributed by atoms with van der Waals surface area (Å²) in [6.07, 6.45) is 0.222. The van der Waals surface area contributed by atoms with Gasteiger partial charge in [0.2, 0.25) is 6.29 Å². The first-order chi connectivity index (χ1) is 19.0. The average molecular weight is 578 g/mol. The Kier molecular flexibility index (Phi) is 8.91. The summed E-state index contributed by atoms with van der Waals surface area (Å²) < 4.78 is 42.1. The fourth-order valence-corrected chi connectivity index (χ4v) is 4.94. The monoisotopic (exact) mass is 577 g/mol. The van der Waals surface area contributed by atoms with Gasteiger partial charge >= 0.3 is 6.18 Å². The zero-order valence-electron chi connectivity index (χ0n) is 22.2. The molecule has 1 amide bonds. The van der Waals surface area contributed by atoms with Crippen molar-refractivity contribution in [3.8, 4) is 5.75 Å². The Hall–Kier alpha value is -3.35. The number of aliphatic hydroxyl groups is 1. The third-order valence-corrected chi connectivity index (χ3v) is 7.38. The van der Waals surface area contributed by atoms with Crippen molar-refractivity contribution in [3.05, 3.63) is 63.7 Å². The second kappa shape index (κ2) is 12.0. The van der Waals surface area contributed by atoms with Gasteiger partial charge in [-0.1, -0.05) is 36.5 Å². The van der Waals surface area contributed by atoms with Crippen LogP contribution >= 0.6 is 12.2 Å². The van der Waals surface area contributed by atoms with E-state index >= 15 is 0 Å². The highest BCUT2D eigenvalue weighted by Gasteiger charge is 2.47. The number of hydrogen-bond acceptors (Lipinski definition) is 6. The summed E-state index contributed by atoms with van der Waals surface area (Å²) in [5, 5.41) is 19.0. The number of halogens is 3. The number of ether oxygens (including phenoxy) is 1. The van der Waals surface area contributed by atoms with Crippen molar-refractivity contribution in [2.45, 2.75) is 56.1 Å². The normalized spacial score (nSPS) is 17.1. The first-order valence-corrected chi connectivity index (χ1v) is 13.3. The van der Waals surface area contributed by atoms with Crippen molar-refractivity contribution in [3.63, 3.8) is 0 Å². The Morgan fingerprint density at radius 2 is 1.98 bits per heavy atom. The minimum Gasteiger partial charge on any atom is -0.490 e. The van der Waals surface area contributed by atoms with E-state index in [9.17, 15) is 22.8 Å². The number of alkyl halides is 3. The first-order valence-electron chi connectivity index (χ1n) is 12.9. The number of aliphatic hydroxyl groups excluding tert-OH is 1. The summed E-state index contributed by atoms with van der Waals surface area (Å²) in [6, 6.07) is 12.7. The third kappa shape index (κ3) is 6.68. The molecule has 0 saturated heterocycles. The SMILES string of the molecule is CNCC(O)C(F)(F)F.COc1cc(C2(NC(=S)c3ccccc3CNC(=O)C=O)CC2)cc2c1=[N+](C1CC1)C=2. The van der Waals surface area contributed by atoms with Crippen LogP contribution in [0.15, 0.2) is 36.4 Å². The van der Waals surface area contributed by atoms with Crippen molar-refractivity contribution < 1.29 is 32.6 Å². The smallest absolute Gasteiger partial charge is 0.415 e. The van der Waals surface area contributed by atoms with Gasteiger partial charge in [-0.05, 0) is 43.1 Å². The van der Waals surface area contributed by atoms with E-state index in [-0.39, 0.29) is 18.4 Å². The lowest BCUT2D eigenvalue weighted by atomic mass is 10.00. The second-order valence-corrected chi connectivity index (χ2v) is 10.4. The van der Waals surface area contributed by atoms with Crippen molar-refractivity contribution in [2.24, 2.45) is 0 Å². The number of carbonyl (C=O) groups excluding carboxylic acids is 2. The van der Waals surface area contributed by atoms with Gasteiger partial charge in [0.05, 0.1) is 12.6 Å². The van der Waals surface area contributed by atoms with Crippen molar-refractivity contribution in [2.75, 3.05) is 20.7 Å². The molecule has 1 aliphatic heterocycles. The van der Waals surface area contributed by atoms with E-state index in [1.165, 1.54) is 36.0 Å². The molecule has 0 radical (unpaired) electrons. The molecule has 8 nitrogen and oxygen atoms in total. The molecule has 1 atom stereocenters. The number of amides is 1. The van der Waals surface area contributed by atoms with Gasteiger partial charge in [-0.25, -0.2) is 0 Å². The highest BCUT2D eigenvalue weighted by molar-refractivity contribution is 7.80. The van der Waals surface area contributed by atoms with Crippen LogP contribution in [0.4, 0.5) is 13.2 Å². The number of thiocarbonyl (C=S) groups is 1. The van der Waals surface area contributed by atoms with E-state index in [1.807, 2.05) is 24.3 Å². The molecular weight excluding hydrogens is 545 g/mol. The van der Waals surface area contributed by atoms with Crippen LogP contribution in [0.3, 0.4) is 0 Å². The number of likely N-dealkylation sites (N-methyl/N-ethyl adjacent to an activating group) is 1. The highest BCUT2D eigenvalue weighted by atomic mass is 32.1. The van der Waals surface area contributed by atoms with Gasteiger partial charge in [0, 0.05) is 31.5 Å². The van der Waals surface area contributed by atoms with Gasteiger partial charge in [0.25, 0.3) is 11.3 Å². The molecule has 2 aromatic carbocycles. The maximum absolute atomic E-state index is 11.3. The maximum atomic E-state index is 11.3. The molecular formula is C28H32F3N4O4S+. The number of aldehydes is 1. The summed E-state index contributed by atoms with van der Waals surface area (Å²) in [5.41, 5.74) is 2.71. The number of benzene rings is 2. The van der Waals surface area contributed by atoms with Crippen LogP contribution in [0.1, 0.15) is 42.4 Å². The molecule has 2 aliphatic carbocycles. The Balaban J connectivity index is 0.000000357. The molecule has 2 saturated carbocycles. The number of fused-ring (bicyclic) bond motifs is 1. The van der Waals surface area contributed by atoms with Gasteiger partial charge < -0.3 is 25.8 Å². The van der Waals surface area contributed by atoms with Crippen molar-refractivity contribution in [1.82, 2.24) is 20.5 Å². The van der Waals surface area contributed by atoms with E-state index in [0.717, 1.165) is 29.7 Å². The van der Waals surface area contributed by atoms with Gasteiger partial charge in [0.1, 0.15) is 10.2 Å². The lowest BCUT2D eigenvalue weighted by Gasteiger charge is -2.22. The van der Waals surface area contributed by atoms with Gasteiger partial charge in [-0.3, -0.25) is 9.59 Å². The minimum absolute atomic E-state index is 0.202. The summed E-state index contributed by atoms with van der Waals surface area (Å²) >= 11 is 5.76. The zero-order valence-corrected chi connectivity index (χ0v) is 23.0. The van der Waals surface area contributed by atoms with E-state index in [0.29, 0.717) is 11.0 Å². The lowest BCUT2D eigenvalue weighted by Crippen LogP contribution is -2.49. The van der Waals surface area contributed by atoms with Crippen LogP contribution in [0.5, 0.6) is 5.75 Å². The minimum atomic E-state index is -4.50. The lowest BCUT2D eigenvalue weighted by molar-refractivity contribution is -0.201. The molecule has 1 unspecified atom stereocenters. The first kappa shape index (κ1) is 29.6. The Bertz CT molecular complexity index is 1420. The Morgan fingerprint density at radius 3 is 2.52 bits per heavy atom. The second-order valence-electron chi connectivity index (χ2n) is 10.0. The van der Waals surface area contributed by atoms with Crippen LogP contribution in [0.25, 0.3) is 6.20 Å². The molecule has 0 spiro atoms. The molecule has 1 heterocycles. The van der Waals surface area contributed by atoms with E-state index in [1.54, 1.807) is 7.11 Å². The van der Waals surface area contributed by atoms with Crippen LogP contribution in [-0.2, 0) is 21.7 Å². The van der Waals surface area contributed by atoms with Crippen LogP contribution in [0, 0.1) is 0 Å². The third-order valence-electron chi connectivity index (χ3n) is 7.05. The van der Waals surface area contributed by atoms with E-state index < -0.39 is 24.7 Å². The summed E-state index contributed by atoms with van der Waals surface area (Å²) in [5.74, 6) is 0.274. The molecule has 2 fully saturated rings. The Morgan fingerprint density at radius 1 is 1.27 bits per heavy atom. The molecule has 3 aliphatic rings. The molecule has 4 N–H and O–H groups in total. The maximum Gasteiger partial charge on any atom is 0.415 e. The zero-order chi connectivity index (χ0) is 29.1. The molecule has 214 valence electrons. The van der Waals surface area contributed by atoms with E-state index in [4.69, 9.17) is 22.1 Å². The summed E-state index contributed by atoms with van der Waals surface area (Å²) in [4.78, 5) is 22.6. The quantitative estimate of drug-likeness (QED) is 0.145. The molecule has 0 aromatic heterocycles. The van der Waals surface area contributed by atoms with Crippen LogP contribution in [0.2, 0.25) is 0 Å². The predicted molar refractivity (Wildman–Crippen MR) is 147 cm³/mol. The number of nitrogens with one attached hydrogen (secondary N) is 3. The van der Waals surface area contributed by atoms with Gasteiger partial charge in [-0.15, -0.1) is 0 Å². The van der Waals surface area contributed by atoms with Gasteiger partial charge in [0.15, 0.2) is 24.1 Å². The molecule has 2 aromatic rings. The summed E-state index contributed by atoms with van der Waals surface area (Å²) in [6.45, 7) is -0.204. The average Bonchev–Trinajstić information content (AvgIpc) is 3.85. The number of nitrogens with zero attached hydrogens (tertiary/aromatic N) is 1. The van der Waals surface area contributed by atoms with E-state index in [2.05, 4.69) is 38.9 Å². The molecule has 40 heavy (non-hydrogen) atoms. The largest absolute Gasteiger partial charge is 0.490 e. The van der Waals surface area contributed by atoms with Crippen molar-refractivity contribution >= 4 is 35.6 Å². The predicted octanol–water partition coefficient (Wildman–Crippen LogP) is 0.999. The fourth-order valence-electron chi connectivity index (χ4n) is 4.55. The van der Waals surface area contributed by atoms with Crippen LogP contribution in [-0.4, -0.2) is 61.3 Å². The number of methoxy groups -OCH3 is 1. The number of hydrogen-bond donors (Lipinski definition) is 4. The Labute approximate surface area is 234 Å². The topological polar surface area (TPSA) is 103 Å². The van der Waals surface area contributed by atoms with Gasteiger partial charge in [-0.2, -0.15) is 17.7 Å². The highest BCUT2D eigenvalue weighted by Crippen LogP contribution is 2.46. The molecule has 12 heteroatoms. The molecule has 0 bridgehead atoms. The van der Waals surface area contributed by atoms with Crippen molar-refractivity contribution in [1.29, 1.82) is 0 Å². The van der Waals surface area contributed by atoms with Crippen LogP contribution < -0.4 is 35.8 Å².